The van der Waals surface area contributed by atoms with Gasteiger partial charge < -0.3 is 10.7 Å². The summed E-state index contributed by atoms with van der Waals surface area (Å²) in [5.41, 5.74) is 6.36. The molecule has 1 aromatic carbocycles. The van der Waals surface area contributed by atoms with Crippen LogP contribution < -0.4 is 5.73 Å². The molecule has 1 amide bonds. The summed E-state index contributed by atoms with van der Waals surface area (Å²) < 4.78 is 13.1. The Morgan fingerprint density at radius 2 is 2.27 bits per heavy atom. The van der Waals surface area contributed by atoms with Crippen molar-refractivity contribution < 1.29 is 9.18 Å². The summed E-state index contributed by atoms with van der Waals surface area (Å²) in [5.74, 6) is -0.898. The van der Waals surface area contributed by atoms with E-state index in [1.54, 1.807) is 12.3 Å². The van der Waals surface area contributed by atoms with Crippen molar-refractivity contribution in [1.29, 1.82) is 0 Å². The maximum Gasteiger partial charge on any atom is 0.241 e. The molecule has 0 atom stereocenters. The van der Waals surface area contributed by atoms with Crippen LogP contribution in [0.2, 0.25) is 0 Å². The minimum absolute atomic E-state index is 0.341. The Balaban J connectivity index is 2.58. The highest BCUT2D eigenvalue weighted by Gasteiger charge is 2.02. The van der Waals surface area contributed by atoms with Crippen molar-refractivity contribution >= 4 is 22.9 Å². The second-order valence-electron chi connectivity index (χ2n) is 3.17. The van der Waals surface area contributed by atoms with Gasteiger partial charge in [-0.1, -0.05) is 0 Å². The normalized spacial score (nSPS) is 11.3. The van der Waals surface area contributed by atoms with Crippen LogP contribution in [0.4, 0.5) is 4.39 Å². The van der Waals surface area contributed by atoms with Crippen molar-refractivity contribution in [2.24, 2.45) is 5.73 Å². The molecule has 4 heteroatoms. The number of rotatable bonds is 2. The van der Waals surface area contributed by atoms with Gasteiger partial charge >= 0.3 is 0 Å². The molecule has 15 heavy (non-hydrogen) atoms. The summed E-state index contributed by atoms with van der Waals surface area (Å²) in [4.78, 5) is 13.5. The molecular weight excluding hydrogens is 195 g/mol. The van der Waals surface area contributed by atoms with Gasteiger partial charge in [0, 0.05) is 23.2 Å². The third kappa shape index (κ3) is 1.88. The van der Waals surface area contributed by atoms with Crippen molar-refractivity contribution in [2.75, 3.05) is 0 Å². The predicted molar refractivity (Wildman–Crippen MR) is 56.5 cm³/mol. The quantitative estimate of drug-likeness (QED) is 0.720. The molecule has 76 valence electrons. The molecule has 0 bridgehead atoms. The van der Waals surface area contributed by atoms with Gasteiger partial charge in [0.2, 0.25) is 5.91 Å². The summed E-state index contributed by atoms with van der Waals surface area (Å²) in [6, 6.07) is 4.53. The lowest BCUT2D eigenvalue weighted by Crippen LogP contribution is -2.05. The number of hydrogen-bond donors (Lipinski definition) is 2. The first-order valence-electron chi connectivity index (χ1n) is 4.41. The van der Waals surface area contributed by atoms with Crippen molar-refractivity contribution in [3.05, 3.63) is 41.9 Å². The highest BCUT2D eigenvalue weighted by Crippen LogP contribution is 2.20. The molecule has 0 aliphatic carbocycles. The minimum atomic E-state index is -0.557. The van der Waals surface area contributed by atoms with Gasteiger partial charge in [0.1, 0.15) is 5.82 Å². The highest BCUT2D eigenvalue weighted by molar-refractivity contribution is 5.94. The van der Waals surface area contributed by atoms with Crippen LogP contribution in [0.15, 0.2) is 30.5 Å². The van der Waals surface area contributed by atoms with E-state index in [9.17, 15) is 9.18 Å². The summed E-state index contributed by atoms with van der Waals surface area (Å²) in [5, 5.41) is 0.763. The zero-order valence-corrected chi connectivity index (χ0v) is 7.83. The van der Waals surface area contributed by atoms with E-state index in [1.807, 2.05) is 0 Å². The average Bonchev–Trinajstić information content (AvgIpc) is 2.61. The number of carbonyl (C=O) groups is 1. The van der Waals surface area contributed by atoms with E-state index in [-0.39, 0.29) is 5.82 Å². The molecule has 1 aromatic heterocycles. The summed E-state index contributed by atoms with van der Waals surface area (Å²) in [7, 11) is 0. The Hall–Kier alpha value is -2.10. The number of H-pyrrole nitrogens is 1. The number of carbonyl (C=O) groups excluding carboxylic acids is 1. The molecule has 0 radical (unpaired) electrons. The van der Waals surface area contributed by atoms with Gasteiger partial charge in [0.05, 0.1) is 5.52 Å². The maximum atomic E-state index is 13.1. The molecule has 2 aromatic rings. The molecule has 0 saturated carbocycles. The molecule has 2 rings (SSSR count). The number of aromatic amines is 1. The van der Waals surface area contributed by atoms with Gasteiger partial charge in [0.15, 0.2) is 0 Å². The van der Waals surface area contributed by atoms with Crippen LogP contribution in [0.3, 0.4) is 0 Å². The minimum Gasteiger partial charge on any atom is -0.366 e. The van der Waals surface area contributed by atoms with E-state index in [4.69, 9.17) is 5.73 Å². The first kappa shape index (κ1) is 9.45. The molecule has 0 saturated heterocycles. The molecular formula is C11H9FN2O. The lowest BCUT2D eigenvalue weighted by molar-refractivity contribution is -0.113. The number of amides is 1. The van der Waals surface area contributed by atoms with E-state index in [1.165, 1.54) is 24.3 Å². The predicted octanol–water partition coefficient (Wildman–Crippen LogP) is 1.81. The van der Waals surface area contributed by atoms with Gasteiger partial charge in [-0.2, -0.15) is 0 Å². The number of nitrogens with two attached hydrogens (primary N) is 1. The van der Waals surface area contributed by atoms with E-state index < -0.39 is 5.91 Å². The van der Waals surface area contributed by atoms with E-state index in [0.29, 0.717) is 5.56 Å². The molecule has 0 aliphatic heterocycles. The standard InChI is InChI=1S/C11H9FN2O/c12-9-5-7(1-2-10(13)15)11-8(6-9)3-4-14-11/h1-6,14H,(H2,13,15). The Morgan fingerprint density at radius 3 is 3.00 bits per heavy atom. The zero-order chi connectivity index (χ0) is 10.8. The van der Waals surface area contributed by atoms with Crippen LogP contribution in [0.1, 0.15) is 5.56 Å². The first-order chi connectivity index (χ1) is 7.16. The smallest absolute Gasteiger partial charge is 0.241 e. The van der Waals surface area contributed by atoms with Gasteiger partial charge in [-0.15, -0.1) is 0 Å². The molecule has 0 aliphatic rings. The van der Waals surface area contributed by atoms with Crippen LogP contribution >= 0.6 is 0 Å². The second kappa shape index (κ2) is 3.57. The summed E-state index contributed by atoms with van der Waals surface area (Å²) in [6.07, 6.45) is 4.41. The number of halogens is 1. The van der Waals surface area contributed by atoms with Gasteiger partial charge in [-0.25, -0.2) is 4.39 Å². The lowest BCUT2D eigenvalue weighted by atomic mass is 10.1. The summed E-state index contributed by atoms with van der Waals surface area (Å²) in [6.45, 7) is 0. The zero-order valence-electron chi connectivity index (χ0n) is 7.83. The Bertz CT molecular complexity index is 543. The Morgan fingerprint density at radius 1 is 1.47 bits per heavy atom. The van der Waals surface area contributed by atoms with E-state index in [2.05, 4.69) is 4.98 Å². The van der Waals surface area contributed by atoms with Crippen molar-refractivity contribution in [3.63, 3.8) is 0 Å². The maximum absolute atomic E-state index is 13.1. The third-order valence-electron chi connectivity index (χ3n) is 2.08. The van der Waals surface area contributed by atoms with Gasteiger partial charge in [-0.3, -0.25) is 4.79 Å². The topological polar surface area (TPSA) is 58.9 Å². The lowest BCUT2D eigenvalue weighted by Gasteiger charge is -1.97. The number of benzene rings is 1. The van der Waals surface area contributed by atoms with E-state index >= 15 is 0 Å². The van der Waals surface area contributed by atoms with Gasteiger partial charge in [-0.05, 0) is 24.3 Å². The number of aromatic nitrogens is 1. The van der Waals surface area contributed by atoms with Crippen molar-refractivity contribution in [1.82, 2.24) is 4.98 Å². The molecule has 0 spiro atoms. The fourth-order valence-corrected chi connectivity index (χ4v) is 1.47. The van der Waals surface area contributed by atoms with Crippen LogP contribution in [-0.2, 0) is 4.79 Å². The van der Waals surface area contributed by atoms with Crippen molar-refractivity contribution in [2.45, 2.75) is 0 Å². The fraction of sp³-hybridized carbons (Fsp3) is 0. The number of fused-ring (bicyclic) bond motifs is 1. The average molecular weight is 204 g/mol. The van der Waals surface area contributed by atoms with E-state index in [0.717, 1.165) is 10.9 Å². The van der Waals surface area contributed by atoms with Crippen LogP contribution in [0.5, 0.6) is 0 Å². The monoisotopic (exact) mass is 204 g/mol. The van der Waals surface area contributed by atoms with Crippen molar-refractivity contribution in [3.8, 4) is 0 Å². The molecule has 1 heterocycles. The second-order valence-corrected chi connectivity index (χ2v) is 3.17. The third-order valence-corrected chi connectivity index (χ3v) is 2.08. The van der Waals surface area contributed by atoms with Gasteiger partial charge in [0.25, 0.3) is 0 Å². The SMILES string of the molecule is NC(=O)C=Cc1cc(F)cc2cc[nH]c12. The summed E-state index contributed by atoms with van der Waals surface area (Å²) >= 11 is 0. The number of nitrogens with one attached hydrogen (secondary N) is 1. The van der Waals surface area contributed by atoms with Crippen LogP contribution in [0.25, 0.3) is 17.0 Å². The largest absolute Gasteiger partial charge is 0.366 e. The van der Waals surface area contributed by atoms with Crippen LogP contribution in [-0.4, -0.2) is 10.9 Å². The molecule has 3 N–H and O–H groups in total. The molecule has 0 unspecified atom stereocenters. The Labute approximate surface area is 85.4 Å². The first-order valence-corrected chi connectivity index (χ1v) is 4.41. The molecule has 3 nitrogen and oxygen atoms in total. The highest BCUT2D eigenvalue weighted by atomic mass is 19.1. The number of primary amides is 1. The fourth-order valence-electron chi connectivity index (χ4n) is 1.47. The number of hydrogen-bond acceptors (Lipinski definition) is 1. The Kier molecular flexibility index (Phi) is 2.25. The van der Waals surface area contributed by atoms with Crippen LogP contribution in [0, 0.1) is 5.82 Å². The molecule has 0 fully saturated rings.